The Balaban J connectivity index is 2.65. The van der Waals surface area contributed by atoms with Crippen LogP contribution in [0.3, 0.4) is 0 Å². The van der Waals surface area contributed by atoms with E-state index in [4.69, 9.17) is 0 Å². The second-order valence-corrected chi connectivity index (χ2v) is 4.22. The largest absolute Gasteiger partial charge is 0.371 e. The Bertz CT molecular complexity index is 294. The van der Waals surface area contributed by atoms with Gasteiger partial charge in [-0.25, -0.2) is 0 Å². The highest BCUT2D eigenvalue weighted by Crippen LogP contribution is 2.15. The molecule has 84 valence electrons. The van der Waals surface area contributed by atoms with Crippen LogP contribution in [0, 0.1) is 6.92 Å². The Morgan fingerprint density at radius 2 is 1.87 bits per heavy atom. The van der Waals surface area contributed by atoms with Crippen LogP contribution in [0.1, 0.15) is 12.5 Å². The van der Waals surface area contributed by atoms with Gasteiger partial charge in [0.05, 0.1) is 0 Å². The molecule has 0 atom stereocenters. The van der Waals surface area contributed by atoms with Gasteiger partial charge in [-0.05, 0) is 45.6 Å². The summed E-state index contributed by atoms with van der Waals surface area (Å²) >= 11 is 0. The van der Waals surface area contributed by atoms with E-state index in [0.29, 0.717) is 0 Å². The van der Waals surface area contributed by atoms with Crippen molar-refractivity contribution >= 4 is 5.69 Å². The number of hydrogen-bond acceptors (Lipinski definition) is 2. The van der Waals surface area contributed by atoms with Gasteiger partial charge in [-0.1, -0.05) is 12.1 Å². The van der Waals surface area contributed by atoms with Crippen molar-refractivity contribution in [2.24, 2.45) is 0 Å². The van der Waals surface area contributed by atoms with Gasteiger partial charge in [-0.2, -0.15) is 0 Å². The van der Waals surface area contributed by atoms with Crippen LogP contribution in [0.2, 0.25) is 0 Å². The Morgan fingerprint density at radius 1 is 1.13 bits per heavy atom. The highest BCUT2D eigenvalue weighted by molar-refractivity contribution is 5.48. The van der Waals surface area contributed by atoms with Crippen molar-refractivity contribution in [3.8, 4) is 0 Å². The first-order valence-electron chi connectivity index (χ1n) is 5.60. The first-order valence-corrected chi connectivity index (χ1v) is 5.60. The second-order valence-electron chi connectivity index (χ2n) is 4.22. The van der Waals surface area contributed by atoms with Gasteiger partial charge in [0.2, 0.25) is 0 Å². The van der Waals surface area contributed by atoms with E-state index < -0.39 is 0 Å². The summed E-state index contributed by atoms with van der Waals surface area (Å²) in [6.07, 6.45) is 0. The molecule has 2 heteroatoms. The Kier molecular flexibility index (Phi) is 4.63. The Morgan fingerprint density at radius 3 is 2.40 bits per heavy atom. The number of benzene rings is 1. The lowest BCUT2D eigenvalue weighted by atomic mass is 10.2. The van der Waals surface area contributed by atoms with Gasteiger partial charge in [0.25, 0.3) is 0 Å². The van der Waals surface area contributed by atoms with Crippen LogP contribution in [-0.4, -0.2) is 38.6 Å². The predicted octanol–water partition coefficient (Wildman–Crippen LogP) is 2.38. The third-order valence-electron chi connectivity index (χ3n) is 2.57. The summed E-state index contributed by atoms with van der Waals surface area (Å²) in [7, 11) is 4.23. The van der Waals surface area contributed by atoms with Crippen molar-refractivity contribution in [3.05, 3.63) is 29.8 Å². The number of hydrogen-bond donors (Lipinski definition) is 0. The maximum Gasteiger partial charge on any atom is 0.0369 e. The summed E-state index contributed by atoms with van der Waals surface area (Å²) in [4.78, 5) is 4.63. The van der Waals surface area contributed by atoms with Crippen molar-refractivity contribution in [3.63, 3.8) is 0 Å². The second kappa shape index (κ2) is 5.76. The fourth-order valence-corrected chi connectivity index (χ4v) is 1.62. The molecular formula is C13H22N2. The molecule has 0 radical (unpaired) electrons. The monoisotopic (exact) mass is 206 g/mol. The molecule has 0 bridgehead atoms. The fourth-order valence-electron chi connectivity index (χ4n) is 1.62. The molecule has 0 aliphatic carbocycles. The summed E-state index contributed by atoms with van der Waals surface area (Å²) in [5.41, 5.74) is 2.66. The quantitative estimate of drug-likeness (QED) is 0.730. The topological polar surface area (TPSA) is 6.48 Å². The average molecular weight is 206 g/mol. The van der Waals surface area contributed by atoms with E-state index >= 15 is 0 Å². The molecule has 0 aromatic heterocycles. The average Bonchev–Trinajstić information content (AvgIpc) is 2.18. The van der Waals surface area contributed by atoms with Gasteiger partial charge in [0.1, 0.15) is 0 Å². The standard InChI is InChI=1S/C13H22N2/c1-5-15(10-9-14(3)4)13-8-6-7-12(2)11-13/h6-8,11H,5,9-10H2,1-4H3. The van der Waals surface area contributed by atoms with Gasteiger partial charge in [-0.3, -0.25) is 0 Å². The minimum atomic E-state index is 1.07. The maximum atomic E-state index is 2.41. The van der Waals surface area contributed by atoms with E-state index in [-0.39, 0.29) is 0 Å². The van der Waals surface area contributed by atoms with E-state index in [2.05, 4.69) is 62.0 Å². The molecule has 0 aliphatic heterocycles. The highest BCUT2D eigenvalue weighted by atomic mass is 15.2. The summed E-state index contributed by atoms with van der Waals surface area (Å²) in [5, 5.41) is 0. The molecule has 1 aromatic carbocycles. The lowest BCUT2D eigenvalue weighted by Gasteiger charge is -2.25. The van der Waals surface area contributed by atoms with Crippen molar-refractivity contribution in [2.45, 2.75) is 13.8 Å². The van der Waals surface area contributed by atoms with Gasteiger partial charge < -0.3 is 9.80 Å². The van der Waals surface area contributed by atoms with Gasteiger partial charge >= 0.3 is 0 Å². The van der Waals surface area contributed by atoms with Crippen molar-refractivity contribution in [1.29, 1.82) is 0 Å². The van der Waals surface area contributed by atoms with E-state index in [1.54, 1.807) is 0 Å². The molecular weight excluding hydrogens is 184 g/mol. The maximum absolute atomic E-state index is 2.41. The molecule has 0 aliphatic rings. The SMILES string of the molecule is CCN(CCN(C)C)c1cccc(C)c1. The molecule has 0 heterocycles. The first-order chi connectivity index (χ1) is 7.13. The summed E-state index contributed by atoms with van der Waals surface area (Å²) in [6, 6.07) is 8.71. The highest BCUT2D eigenvalue weighted by Gasteiger charge is 2.03. The lowest BCUT2D eigenvalue weighted by molar-refractivity contribution is 0.414. The van der Waals surface area contributed by atoms with Crippen LogP contribution in [0.4, 0.5) is 5.69 Å². The van der Waals surface area contributed by atoms with Crippen LogP contribution in [0.25, 0.3) is 0 Å². The van der Waals surface area contributed by atoms with E-state index in [1.807, 2.05) is 0 Å². The molecule has 0 fully saturated rings. The lowest BCUT2D eigenvalue weighted by Crippen LogP contribution is -2.31. The molecule has 0 saturated heterocycles. The fraction of sp³-hybridized carbons (Fsp3) is 0.538. The Hall–Kier alpha value is -1.02. The van der Waals surface area contributed by atoms with Crippen LogP contribution in [0.15, 0.2) is 24.3 Å². The van der Waals surface area contributed by atoms with Gasteiger partial charge in [0.15, 0.2) is 0 Å². The number of nitrogens with zero attached hydrogens (tertiary/aromatic N) is 2. The molecule has 0 amide bonds. The minimum Gasteiger partial charge on any atom is -0.371 e. The molecule has 0 saturated carbocycles. The van der Waals surface area contributed by atoms with Crippen LogP contribution >= 0.6 is 0 Å². The zero-order valence-corrected chi connectivity index (χ0v) is 10.3. The smallest absolute Gasteiger partial charge is 0.0369 e. The van der Waals surface area contributed by atoms with Crippen molar-refractivity contribution in [1.82, 2.24) is 4.90 Å². The molecule has 0 unspecified atom stereocenters. The van der Waals surface area contributed by atoms with E-state index in [1.165, 1.54) is 11.3 Å². The van der Waals surface area contributed by atoms with E-state index in [0.717, 1.165) is 19.6 Å². The van der Waals surface area contributed by atoms with Crippen LogP contribution in [0.5, 0.6) is 0 Å². The summed E-state index contributed by atoms with van der Waals surface area (Å²) < 4.78 is 0. The van der Waals surface area contributed by atoms with Crippen LogP contribution in [-0.2, 0) is 0 Å². The number of aryl methyl sites for hydroxylation is 1. The summed E-state index contributed by atoms with van der Waals surface area (Å²) in [6.45, 7) is 7.60. The normalized spacial score (nSPS) is 10.7. The predicted molar refractivity (Wildman–Crippen MR) is 67.6 cm³/mol. The minimum absolute atomic E-state index is 1.07. The zero-order valence-electron chi connectivity index (χ0n) is 10.3. The molecule has 2 nitrogen and oxygen atoms in total. The molecule has 1 aromatic rings. The number of anilines is 1. The third kappa shape index (κ3) is 3.92. The third-order valence-corrected chi connectivity index (χ3v) is 2.57. The van der Waals surface area contributed by atoms with E-state index in [9.17, 15) is 0 Å². The van der Waals surface area contributed by atoms with Crippen molar-refractivity contribution in [2.75, 3.05) is 38.6 Å². The number of rotatable bonds is 5. The van der Waals surface area contributed by atoms with Crippen molar-refractivity contribution < 1.29 is 0 Å². The van der Waals surface area contributed by atoms with Gasteiger partial charge in [-0.15, -0.1) is 0 Å². The number of likely N-dealkylation sites (N-methyl/N-ethyl adjacent to an activating group) is 2. The molecule has 0 spiro atoms. The van der Waals surface area contributed by atoms with Crippen LogP contribution < -0.4 is 4.90 Å². The summed E-state index contributed by atoms with van der Waals surface area (Å²) in [5.74, 6) is 0. The molecule has 1 rings (SSSR count). The Labute approximate surface area is 93.5 Å². The molecule has 15 heavy (non-hydrogen) atoms. The first kappa shape index (κ1) is 12.1. The van der Waals surface area contributed by atoms with Gasteiger partial charge in [0, 0.05) is 25.3 Å². The zero-order chi connectivity index (χ0) is 11.3. The molecule has 0 N–H and O–H groups in total.